The molecule has 4 rings (SSSR count). The molecule has 0 aliphatic heterocycles. The van der Waals surface area contributed by atoms with Gasteiger partial charge in [-0.05, 0) is 61.4 Å². The van der Waals surface area contributed by atoms with E-state index < -0.39 is 5.69 Å². The van der Waals surface area contributed by atoms with Crippen molar-refractivity contribution >= 4 is 11.6 Å². The molecule has 34 heavy (non-hydrogen) atoms. The van der Waals surface area contributed by atoms with Gasteiger partial charge >= 0.3 is 5.69 Å². The van der Waals surface area contributed by atoms with E-state index >= 15 is 0 Å². The zero-order valence-corrected chi connectivity index (χ0v) is 19.9. The van der Waals surface area contributed by atoms with E-state index in [0.717, 1.165) is 11.4 Å². The van der Waals surface area contributed by atoms with Gasteiger partial charge in [0.1, 0.15) is 23.4 Å². The Labute approximate surface area is 202 Å². The molecule has 0 unspecified atom stereocenters. The average molecular weight is 477 g/mol. The Hall–Kier alpha value is -3.71. The Bertz CT molecular complexity index is 1310. The third kappa shape index (κ3) is 5.61. The van der Waals surface area contributed by atoms with Gasteiger partial charge in [-0.25, -0.2) is 9.78 Å². The fourth-order valence-corrected chi connectivity index (χ4v) is 3.55. The predicted molar refractivity (Wildman–Crippen MR) is 132 cm³/mol. The number of nitrogens with zero attached hydrogens (tertiary/aromatic N) is 3. The van der Waals surface area contributed by atoms with Crippen LogP contribution in [0.2, 0.25) is 5.02 Å². The molecule has 2 aromatic heterocycles. The first-order valence-electron chi connectivity index (χ1n) is 11.0. The van der Waals surface area contributed by atoms with E-state index in [4.69, 9.17) is 21.1 Å². The van der Waals surface area contributed by atoms with Gasteiger partial charge in [0.25, 0.3) is 0 Å². The second-order valence-electron chi connectivity index (χ2n) is 8.18. The third-order valence-corrected chi connectivity index (χ3v) is 5.28. The van der Waals surface area contributed by atoms with E-state index in [1.54, 1.807) is 24.4 Å². The summed E-state index contributed by atoms with van der Waals surface area (Å²) in [6.07, 6.45) is 1.37. The molecule has 2 aromatic carbocycles. The van der Waals surface area contributed by atoms with E-state index in [2.05, 4.69) is 33.8 Å². The Kier molecular flexibility index (Phi) is 7.23. The van der Waals surface area contributed by atoms with E-state index in [9.17, 15) is 4.79 Å². The summed E-state index contributed by atoms with van der Waals surface area (Å²) in [5.74, 6) is 2.18. The molecule has 174 valence electrons. The Morgan fingerprint density at radius 2 is 1.76 bits per heavy atom. The minimum atomic E-state index is -0.538. The summed E-state index contributed by atoms with van der Waals surface area (Å²) in [7, 11) is 0. The number of hydrogen-bond donors (Lipinski definition) is 1. The number of halogens is 1. The SMILES string of the molecule is CC(C)COc1ccc(-c2nc(-c3c(Cl)cccc3O[C@@H](C)c3ccccn3)[nH]c(=O)n2)cc1. The van der Waals surface area contributed by atoms with Gasteiger partial charge in [-0.3, -0.25) is 9.97 Å². The minimum Gasteiger partial charge on any atom is -0.493 e. The number of rotatable bonds is 8. The van der Waals surface area contributed by atoms with Crippen LogP contribution >= 0.6 is 11.6 Å². The Morgan fingerprint density at radius 1 is 0.971 bits per heavy atom. The summed E-state index contributed by atoms with van der Waals surface area (Å²) in [5, 5.41) is 0.392. The highest BCUT2D eigenvalue weighted by Crippen LogP contribution is 2.36. The van der Waals surface area contributed by atoms with Crippen LogP contribution in [0.3, 0.4) is 0 Å². The number of ether oxygens (including phenoxy) is 2. The van der Waals surface area contributed by atoms with E-state index in [-0.39, 0.29) is 17.8 Å². The van der Waals surface area contributed by atoms with Gasteiger partial charge in [0.05, 0.1) is 22.9 Å². The van der Waals surface area contributed by atoms with Crippen LogP contribution in [0.1, 0.15) is 32.6 Å². The van der Waals surface area contributed by atoms with Gasteiger partial charge in [-0.2, -0.15) is 4.98 Å². The van der Waals surface area contributed by atoms with Gasteiger partial charge < -0.3 is 9.47 Å². The van der Waals surface area contributed by atoms with Crippen molar-refractivity contribution in [2.45, 2.75) is 26.9 Å². The number of hydrogen-bond acceptors (Lipinski definition) is 6. The smallest absolute Gasteiger partial charge is 0.348 e. The summed E-state index contributed by atoms with van der Waals surface area (Å²) in [5.41, 5.74) is 1.39. The number of nitrogens with one attached hydrogen (secondary N) is 1. The number of aromatic amines is 1. The lowest BCUT2D eigenvalue weighted by Gasteiger charge is -2.17. The molecule has 8 heteroatoms. The highest BCUT2D eigenvalue weighted by atomic mass is 35.5. The average Bonchev–Trinajstić information content (AvgIpc) is 2.83. The van der Waals surface area contributed by atoms with Gasteiger partial charge in [0.15, 0.2) is 5.82 Å². The topological polar surface area (TPSA) is 90.0 Å². The molecule has 7 nitrogen and oxygen atoms in total. The zero-order chi connectivity index (χ0) is 24.1. The molecule has 0 aliphatic carbocycles. The third-order valence-electron chi connectivity index (χ3n) is 4.97. The van der Waals surface area contributed by atoms with Gasteiger partial charge in [-0.1, -0.05) is 37.6 Å². The number of H-pyrrole nitrogens is 1. The van der Waals surface area contributed by atoms with Crippen LogP contribution in [0.25, 0.3) is 22.8 Å². The molecule has 0 saturated carbocycles. The molecule has 0 saturated heterocycles. The first kappa shape index (κ1) is 23.4. The molecule has 0 fully saturated rings. The maximum atomic E-state index is 12.4. The number of aromatic nitrogens is 4. The van der Waals surface area contributed by atoms with Crippen molar-refractivity contribution in [3.8, 4) is 34.3 Å². The van der Waals surface area contributed by atoms with Crippen molar-refractivity contribution in [2.24, 2.45) is 5.92 Å². The van der Waals surface area contributed by atoms with Gasteiger partial charge in [-0.15, -0.1) is 0 Å². The summed E-state index contributed by atoms with van der Waals surface area (Å²) in [6, 6.07) is 18.2. The molecule has 0 amide bonds. The van der Waals surface area contributed by atoms with Crippen LogP contribution in [0.4, 0.5) is 0 Å². The fraction of sp³-hybridized carbons (Fsp3) is 0.231. The molecular formula is C26H25ClN4O3. The zero-order valence-electron chi connectivity index (χ0n) is 19.2. The lowest BCUT2D eigenvalue weighted by molar-refractivity contribution is 0.223. The molecule has 0 bridgehead atoms. The first-order chi connectivity index (χ1) is 16.4. The molecule has 0 aliphatic rings. The van der Waals surface area contributed by atoms with Crippen LogP contribution in [0.15, 0.2) is 71.7 Å². The normalized spacial score (nSPS) is 11.9. The second kappa shape index (κ2) is 10.5. The van der Waals surface area contributed by atoms with Crippen LogP contribution in [-0.4, -0.2) is 26.5 Å². The molecule has 4 aromatic rings. The molecule has 1 atom stereocenters. The largest absolute Gasteiger partial charge is 0.493 e. The van der Waals surface area contributed by atoms with E-state index in [0.29, 0.717) is 34.4 Å². The van der Waals surface area contributed by atoms with Crippen LogP contribution in [-0.2, 0) is 0 Å². The highest BCUT2D eigenvalue weighted by Gasteiger charge is 2.18. The maximum absolute atomic E-state index is 12.4. The summed E-state index contributed by atoms with van der Waals surface area (Å²) >= 11 is 6.53. The molecule has 0 radical (unpaired) electrons. The van der Waals surface area contributed by atoms with Crippen LogP contribution < -0.4 is 15.2 Å². The Morgan fingerprint density at radius 3 is 2.47 bits per heavy atom. The molecule has 0 spiro atoms. The fourth-order valence-electron chi connectivity index (χ4n) is 3.29. The van der Waals surface area contributed by atoms with E-state index in [1.165, 1.54) is 0 Å². The van der Waals surface area contributed by atoms with Crippen molar-refractivity contribution in [3.05, 3.63) is 88.1 Å². The summed E-state index contributed by atoms with van der Waals surface area (Å²) in [6.45, 7) is 6.69. The minimum absolute atomic E-state index is 0.268. The van der Waals surface area contributed by atoms with Crippen molar-refractivity contribution in [1.82, 2.24) is 19.9 Å². The standard InChI is InChI=1S/C26H25ClN4O3/c1-16(2)15-33-19-12-10-18(11-13-19)24-29-25(31-26(32)30-24)23-20(27)7-6-9-22(23)34-17(3)21-8-4-5-14-28-21/h4-14,16-17H,15H2,1-3H3,(H,29,30,31,32)/t17-/m0/s1. The van der Waals surface area contributed by atoms with Crippen molar-refractivity contribution in [3.63, 3.8) is 0 Å². The van der Waals surface area contributed by atoms with Crippen LogP contribution in [0.5, 0.6) is 11.5 Å². The molecule has 1 N–H and O–H groups in total. The van der Waals surface area contributed by atoms with Crippen molar-refractivity contribution < 1.29 is 9.47 Å². The lowest BCUT2D eigenvalue weighted by atomic mass is 10.1. The number of pyridine rings is 1. The number of benzene rings is 2. The summed E-state index contributed by atoms with van der Waals surface area (Å²) in [4.78, 5) is 28.1. The van der Waals surface area contributed by atoms with Crippen molar-refractivity contribution in [1.29, 1.82) is 0 Å². The molecular weight excluding hydrogens is 452 g/mol. The lowest BCUT2D eigenvalue weighted by Crippen LogP contribution is -2.15. The molecule has 2 heterocycles. The monoisotopic (exact) mass is 476 g/mol. The van der Waals surface area contributed by atoms with Crippen molar-refractivity contribution in [2.75, 3.05) is 6.61 Å². The first-order valence-corrected chi connectivity index (χ1v) is 11.4. The Balaban J connectivity index is 1.67. The quantitative estimate of drug-likeness (QED) is 0.349. The second-order valence-corrected chi connectivity index (χ2v) is 8.59. The van der Waals surface area contributed by atoms with Gasteiger partial charge in [0, 0.05) is 11.8 Å². The predicted octanol–water partition coefficient (Wildman–Crippen LogP) is 5.72. The maximum Gasteiger partial charge on any atom is 0.348 e. The highest BCUT2D eigenvalue weighted by molar-refractivity contribution is 6.33. The van der Waals surface area contributed by atoms with Gasteiger partial charge in [0.2, 0.25) is 0 Å². The summed E-state index contributed by atoms with van der Waals surface area (Å²) < 4.78 is 11.9. The van der Waals surface area contributed by atoms with E-state index in [1.807, 2.05) is 49.4 Å². The van der Waals surface area contributed by atoms with Crippen LogP contribution in [0, 0.1) is 5.92 Å².